The molecule has 8 aromatic rings. The van der Waals surface area contributed by atoms with E-state index >= 15 is 0 Å². The second kappa shape index (κ2) is 10.2. The summed E-state index contributed by atoms with van der Waals surface area (Å²) in [4.78, 5) is 7.83. The van der Waals surface area contributed by atoms with Crippen LogP contribution >= 0.6 is 0 Å². The monoisotopic (exact) mass is 602 g/mol. The van der Waals surface area contributed by atoms with Gasteiger partial charge in [-0.05, 0) is 66.2 Å². The first-order valence-corrected chi connectivity index (χ1v) is 16.2. The van der Waals surface area contributed by atoms with Gasteiger partial charge in [-0.3, -0.25) is 4.57 Å². The van der Waals surface area contributed by atoms with Crippen molar-refractivity contribution >= 4 is 44.2 Å². The summed E-state index contributed by atoms with van der Waals surface area (Å²) in [5.74, 6) is 1.22. The first kappa shape index (κ1) is 26.1. The van der Waals surface area contributed by atoms with Gasteiger partial charge in [-0.15, -0.1) is 0 Å². The van der Waals surface area contributed by atoms with Gasteiger partial charge in [-0.2, -0.15) is 0 Å². The highest BCUT2D eigenvalue weighted by Gasteiger charge is 2.37. The van der Waals surface area contributed by atoms with E-state index in [9.17, 15) is 0 Å². The maximum Gasteiger partial charge on any atom is 0.145 e. The molecule has 6 aromatic carbocycles. The highest BCUT2D eigenvalue weighted by atomic mass is 15.2. The van der Waals surface area contributed by atoms with Crippen LogP contribution < -0.4 is 4.90 Å². The molecule has 0 spiro atoms. The standard InChI is InChI=1S/C43H30N4/c1-2-14-30(15-3-1)47-42-25-13-8-20-37(42)44-43(47)29-26-31(45-38-21-9-4-16-33(38)34-17-5-10-22-39(34)45)28-32(27-29)46-40-23-11-6-18-35(40)36-19-7-12-24-41(36)46/h1-28,33,38H. The molecule has 0 saturated heterocycles. The van der Waals surface area contributed by atoms with E-state index < -0.39 is 0 Å². The number of rotatable bonds is 4. The molecular weight excluding hydrogens is 573 g/mol. The van der Waals surface area contributed by atoms with E-state index in [1.165, 1.54) is 33.1 Å². The van der Waals surface area contributed by atoms with Crippen molar-refractivity contribution in [1.29, 1.82) is 0 Å². The third-order valence-corrected chi connectivity index (χ3v) is 9.81. The van der Waals surface area contributed by atoms with Crippen molar-refractivity contribution in [3.8, 4) is 22.8 Å². The van der Waals surface area contributed by atoms with Crippen molar-refractivity contribution in [1.82, 2.24) is 14.1 Å². The maximum atomic E-state index is 5.31. The Kier molecular flexibility index (Phi) is 5.67. The number of hydrogen-bond donors (Lipinski definition) is 0. The number of anilines is 2. The number of hydrogen-bond acceptors (Lipinski definition) is 2. The molecule has 4 heteroatoms. The number of allylic oxidation sites excluding steroid dienone is 2. The first-order valence-electron chi connectivity index (χ1n) is 16.2. The first-order chi connectivity index (χ1) is 23.3. The lowest BCUT2D eigenvalue weighted by molar-refractivity contribution is 0.744. The van der Waals surface area contributed by atoms with Crippen molar-refractivity contribution in [2.75, 3.05) is 4.90 Å². The molecule has 0 fully saturated rings. The number of fused-ring (bicyclic) bond motifs is 7. The lowest BCUT2D eigenvalue weighted by atomic mass is 9.91. The van der Waals surface area contributed by atoms with Crippen LogP contribution in [0.25, 0.3) is 55.6 Å². The highest BCUT2D eigenvalue weighted by Crippen LogP contribution is 2.49. The summed E-state index contributed by atoms with van der Waals surface area (Å²) in [6, 6.07) is 52.5. The zero-order valence-electron chi connectivity index (χ0n) is 25.6. The van der Waals surface area contributed by atoms with Gasteiger partial charge in [0.05, 0.1) is 28.1 Å². The smallest absolute Gasteiger partial charge is 0.145 e. The van der Waals surface area contributed by atoms with Crippen LogP contribution in [0.3, 0.4) is 0 Å². The predicted octanol–water partition coefficient (Wildman–Crippen LogP) is 10.5. The Morgan fingerprint density at radius 1 is 0.489 bits per heavy atom. The van der Waals surface area contributed by atoms with Crippen molar-refractivity contribution in [2.24, 2.45) is 0 Å². The molecule has 1 aliphatic heterocycles. The Bertz CT molecular complexity index is 2500. The van der Waals surface area contributed by atoms with Gasteiger partial charge in [-0.1, -0.05) is 109 Å². The summed E-state index contributed by atoms with van der Waals surface area (Å²) in [6.07, 6.45) is 9.06. The van der Waals surface area contributed by atoms with Crippen molar-refractivity contribution in [3.05, 3.63) is 175 Å². The summed E-state index contributed by atoms with van der Waals surface area (Å²) >= 11 is 0. The van der Waals surface area contributed by atoms with E-state index in [-0.39, 0.29) is 6.04 Å². The minimum absolute atomic E-state index is 0.187. The molecule has 3 heterocycles. The van der Waals surface area contributed by atoms with E-state index in [1.807, 2.05) is 0 Å². The van der Waals surface area contributed by atoms with Gasteiger partial charge in [0.2, 0.25) is 0 Å². The molecule has 0 N–H and O–H groups in total. The second-order valence-corrected chi connectivity index (χ2v) is 12.4. The van der Waals surface area contributed by atoms with E-state index in [0.29, 0.717) is 5.92 Å². The summed E-state index contributed by atoms with van der Waals surface area (Å²) < 4.78 is 4.72. The van der Waals surface area contributed by atoms with E-state index in [0.717, 1.165) is 39.5 Å². The second-order valence-electron chi connectivity index (χ2n) is 12.4. The van der Waals surface area contributed by atoms with Gasteiger partial charge in [0.15, 0.2) is 0 Å². The Labute approximate surface area is 272 Å². The fourth-order valence-electron chi connectivity index (χ4n) is 7.84. The fraction of sp³-hybridized carbons (Fsp3) is 0.0465. The molecule has 222 valence electrons. The molecule has 0 amide bonds. The molecule has 2 aliphatic rings. The van der Waals surface area contributed by atoms with Crippen LogP contribution in [0.2, 0.25) is 0 Å². The molecule has 2 aromatic heterocycles. The van der Waals surface area contributed by atoms with Gasteiger partial charge in [0.25, 0.3) is 0 Å². The average Bonchev–Trinajstić information content (AvgIpc) is 3.80. The zero-order valence-corrected chi connectivity index (χ0v) is 25.6. The topological polar surface area (TPSA) is 26.0 Å². The van der Waals surface area contributed by atoms with Crippen LogP contribution in [0.4, 0.5) is 11.4 Å². The predicted molar refractivity (Wildman–Crippen MR) is 194 cm³/mol. The van der Waals surface area contributed by atoms with Crippen LogP contribution in [0.15, 0.2) is 170 Å². The summed E-state index contributed by atoms with van der Waals surface area (Å²) in [6.45, 7) is 0. The van der Waals surface area contributed by atoms with Gasteiger partial charge >= 0.3 is 0 Å². The van der Waals surface area contributed by atoms with Crippen LogP contribution in [0.5, 0.6) is 0 Å². The molecule has 2 atom stereocenters. The zero-order chi connectivity index (χ0) is 30.9. The average molecular weight is 603 g/mol. The number of benzene rings is 6. The van der Waals surface area contributed by atoms with Crippen LogP contribution in [-0.2, 0) is 0 Å². The Hall–Kier alpha value is -6.13. The third kappa shape index (κ3) is 3.91. The SMILES string of the molecule is C1=CC2c3ccccc3N(c3cc(-c4nc5ccccc5n4-c4ccccc4)cc(-n4c5ccccc5c5ccccc54)c3)C2C=C1. The van der Waals surface area contributed by atoms with E-state index in [2.05, 4.69) is 184 Å². The summed E-state index contributed by atoms with van der Waals surface area (Å²) in [7, 11) is 0. The molecule has 4 nitrogen and oxygen atoms in total. The van der Waals surface area contributed by atoms with Crippen LogP contribution in [-0.4, -0.2) is 20.2 Å². The lowest BCUT2D eigenvalue weighted by Crippen LogP contribution is -2.28. The molecule has 0 bridgehead atoms. The van der Waals surface area contributed by atoms with Crippen LogP contribution in [0, 0.1) is 0 Å². The number of imidazole rings is 1. The minimum Gasteiger partial charge on any atom is -0.333 e. The quantitative estimate of drug-likeness (QED) is 0.200. The Morgan fingerprint density at radius 3 is 1.94 bits per heavy atom. The van der Waals surface area contributed by atoms with Gasteiger partial charge in [0, 0.05) is 45.0 Å². The van der Waals surface area contributed by atoms with Crippen molar-refractivity contribution < 1.29 is 0 Å². The lowest BCUT2D eigenvalue weighted by Gasteiger charge is -2.29. The van der Waals surface area contributed by atoms with Crippen molar-refractivity contribution in [2.45, 2.75) is 12.0 Å². The minimum atomic E-state index is 0.187. The Balaban J connectivity index is 1.30. The molecule has 0 saturated carbocycles. The molecular formula is C43H30N4. The fourth-order valence-corrected chi connectivity index (χ4v) is 7.84. The number of nitrogens with zero attached hydrogens (tertiary/aromatic N) is 4. The van der Waals surface area contributed by atoms with Gasteiger partial charge in [0.1, 0.15) is 5.82 Å². The van der Waals surface area contributed by atoms with E-state index in [4.69, 9.17) is 4.98 Å². The summed E-state index contributed by atoms with van der Waals surface area (Å²) in [5.41, 5.74) is 11.5. The highest BCUT2D eigenvalue weighted by molar-refractivity contribution is 6.09. The van der Waals surface area contributed by atoms with Gasteiger partial charge < -0.3 is 9.47 Å². The van der Waals surface area contributed by atoms with Crippen molar-refractivity contribution in [3.63, 3.8) is 0 Å². The summed E-state index contributed by atoms with van der Waals surface area (Å²) in [5, 5.41) is 2.50. The molecule has 0 radical (unpaired) electrons. The largest absolute Gasteiger partial charge is 0.333 e. The maximum absolute atomic E-state index is 5.31. The van der Waals surface area contributed by atoms with E-state index in [1.54, 1.807) is 0 Å². The normalized spacial score (nSPS) is 16.7. The molecule has 1 aliphatic carbocycles. The molecule has 47 heavy (non-hydrogen) atoms. The third-order valence-electron chi connectivity index (χ3n) is 9.81. The van der Waals surface area contributed by atoms with Gasteiger partial charge in [-0.25, -0.2) is 4.98 Å². The molecule has 2 unspecified atom stereocenters. The number of para-hydroxylation sites is 6. The molecule has 10 rings (SSSR count). The Morgan fingerprint density at radius 2 is 1.13 bits per heavy atom. The van der Waals surface area contributed by atoms with Crippen LogP contribution in [0.1, 0.15) is 11.5 Å². The number of aromatic nitrogens is 3.